The molecule has 4 nitrogen and oxygen atoms in total. The minimum Gasteiger partial charge on any atom is -0.383 e. The minimum atomic E-state index is 0.309. The molecule has 5 N–H and O–H groups in total. The molecule has 1 atom stereocenters. The molecule has 1 saturated carbocycles. The Morgan fingerprint density at radius 3 is 2.70 bits per heavy atom. The van der Waals surface area contributed by atoms with Crippen molar-refractivity contribution in [2.75, 3.05) is 5.73 Å². The summed E-state index contributed by atoms with van der Waals surface area (Å²) in [5, 5.41) is 0. The van der Waals surface area contributed by atoms with Crippen molar-refractivity contribution >= 4 is 5.82 Å². The lowest BCUT2D eigenvalue weighted by molar-refractivity contribution is 0.213. The first kappa shape index (κ1) is 15.3. The summed E-state index contributed by atoms with van der Waals surface area (Å²) in [6.07, 6.45) is 10.5. The van der Waals surface area contributed by atoms with E-state index in [4.69, 9.17) is 11.6 Å². The number of nitrogens with zero attached hydrogens (tertiary/aromatic N) is 1. The largest absolute Gasteiger partial charge is 0.383 e. The molecule has 1 aliphatic carbocycles. The second kappa shape index (κ2) is 7.60. The Morgan fingerprint density at radius 1 is 1.35 bits per heavy atom. The molecule has 20 heavy (non-hydrogen) atoms. The first-order chi connectivity index (χ1) is 9.74. The molecular weight excluding hydrogens is 248 g/mol. The van der Waals surface area contributed by atoms with E-state index < -0.39 is 0 Å². The van der Waals surface area contributed by atoms with Crippen LogP contribution in [-0.2, 0) is 6.42 Å². The second-order valence-corrected chi connectivity index (χ2v) is 6.09. The standard InChI is InChI=1S/C16H28N4/c1-2-4-12-6-8-13(9-7-12)15(20-18)11-14-5-3-10-19-16(14)17/h3,5,10,12-13,15,20H,2,4,6-9,11,18H2,1H3,(H2,17,19). The fourth-order valence-corrected chi connectivity index (χ4v) is 3.51. The van der Waals surface area contributed by atoms with Crippen LogP contribution in [-0.4, -0.2) is 11.0 Å². The van der Waals surface area contributed by atoms with E-state index in [1.54, 1.807) is 6.20 Å². The highest BCUT2D eigenvalue weighted by molar-refractivity contribution is 5.38. The van der Waals surface area contributed by atoms with Crippen molar-refractivity contribution in [3.05, 3.63) is 23.9 Å². The predicted molar refractivity (Wildman–Crippen MR) is 83.8 cm³/mol. The average molecular weight is 276 g/mol. The smallest absolute Gasteiger partial charge is 0.126 e. The summed E-state index contributed by atoms with van der Waals surface area (Å²) in [7, 11) is 0. The van der Waals surface area contributed by atoms with Gasteiger partial charge < -0.3 is 5.73 Å². The third-order valence-electron chi connectivity index (χ3n) is 4.74. The number of nitrogens with two attached hydrogens (primary N) is 2. The Balaban J connectivity index is 1.91. The van der Waals surface area contributed by atoms with Crippen LogP contribution >= 0.6 is 0 Å². The fraction of sp³-hybridized carbons (Fsp3) is 0.688. The Kier molecular flexibility index (Phi) is 5.80. The van der Waals surface area contributed by atoms with Gasteiger partial charge in [0.05, 0.1) is 0 Å². The van der Waals surface area contributed by atoms with Crippen molar-refractivity contribution in [1.29, 1.82) is 0 Å². The third-order valence-corrected chi connectivity index (χ3v) is 4.74. The monoisotopic (exact) mass is 276 g/mol. The van der Waals surface area contributed by atoms with E-state index >= 15 is 0 Å². The van der Waals surface area contributed by atoms with E-state index in [-0.39, 0.29) is 0 Å². The molecule has 0 bridgehead atoms. The van der Waals surface area contributed by atoms with Crippen LogP contribution in [0.1, 0.15) is 51.0 Å². The van der Waals surface area contributed by atoms with E-state index in [2.05, 4.69) is 23.4 Å². The number of aromatic nitrogens is 1. The van der Waals surface area contributed by atoms with E-state index in [1.165, 1.54) is 38.5 Å². The molecule has 0 saturated heterocycles. The van der Waals surface area contributed by atoms with Gasteiger partial charge in [0.2, 0.25) is 0 Å². The van der Waals surface area contributed by atoms with Crippen LogP contribution in [0.15, 0.2) is 18.3 Å². The van der Waals surface area contributed by atoms with Crippen LogP contribution in [0, 0.1) is 11.8 Å². The Bertz CT molecular complexity index is 399. The highest BCUT2D eigenvalue weighted by Gasteiger charge is 2.27. The first-order valence-electron chi connectivity index (χ1n) is 7.90. The molecule has 0 aromatic carbocycles. The molecule has 1 unspecified atom stereocenters. The number of anilines is 1. The van der Waals surface area contributed by atoms with Gasteiger partial charge in [-0.2, -0.15) is 0 Å². The maximum absolute atomic E-state index is 5.93. The zero-order chi connectivity index (χ0) is 14.4. The topological polar surface area (TPSA) is 77.0 Å². The van der Waals surface area contributed by atoms with Gasteiger partial charge in [0.25, 0.3) is 0 Å². The van der Waals surface area contributed by atoms with Gasteiger partial charge in [-0.3, -0.25) is 11.3 Å². The van der Waals surface area contributed by atoms with Crippen LogP contribution in [0.25, 0.3) is 0 Å². The lowest BCUT2D eigenvalue weighted by Gasteiger charge is -2.33. The quantitative estimate of drug-likeness (QED) is 0.551. The van der Waals surface area contributed by atoms with Crippen molar-refractivity contribution in [2.45, 2.75) is 57.9 Å². The van der Waals surface area contributed by atoms with Crippen LogP contribution in [0.2, 0.25) is 0 Å². The SMILES string of the molecule is CCCC1CCC(C(Cc2cccnc2N)NN)CC1. The number of nitrogens with one attached hydrogen (secondary N) is 1. The molecule has 0 aliphatic heterocycles. The van der Waals surface area contributed by atoms with Crippen molar-refractivity contribution in [3.63, 3.8) is 0 Å². The molecule has 0 amide bonds. The molecule has 1 fully saturated rings. The van der Waals surface area contributed by atoms with Gasteiger partial charge in [-0.1, -0.05) is 38.7 Å². The van der Waals surface area contributed by atoms with Crippen LogP contribution in [0.3, 0.4) is 0 Å². The van der Waals surface area contributed by atoms with Gasteiger partial charge in [0.15, 0.2) is 0 Å². The Labute approximate surface area is 122 Å². The van der Waals surface area contributed by atoms with Gasteiger partial charge in [-0.05, 0) is 42.7 Å². The van der Waals surface area contributed by atoms with Crippen molar-refractivity contribution in [2.24, 2.45) is 17.7 Å². The summed E-state index contributed by atoms with van der Waals surface area (Å²) >= 11 is 0. The summed E-state index contributed by atoms with van der Waals surface area (Å²) in [6.45, 7) is 2.28. The molecule has 1 aromatic rings. The second-order valence-electron chi connectivity index (χ2n) is 6.09. The zero-order valence-electron chi connectivity index (χ0n) is 12.5. The fourth-order valence-electron chi connectivity index (χ4n) is 3.51. The maximum atomic E-state index is 5.93. The highest BCUT2D eigenvalue weighted by Crippen LogP contribution is 2.34. The van der Waals surface area contributed by atoms with Crippen molar-refractivity contribution in [3.8, 4) is 0 Å². The zero-order valence-corrected chi connectivity index (χ0v) is 12.5. The third kappa shape index (κ3) is 3.93. The summed E-state index contributed by atoms with van der Waals surface area (Å²) in [5.74, 6) is 8.00. The normalized spacial score (nSPS) is 24.5. The number of hydrogen-bond acceptors (Lipinski definition) is 4. The van der Waals surface area contributed by atoms with Crippen LogP contribution in [0.4, 0.5) is 5.82 Å². The Morgan fingerprint density at radius 2 is 2.10 bits per heavy atom. The van der Waals surface area contributed by atoms with Crippen LogP contribution < -0.4 is 17.0 Å². The van der Waals surface area contributed by atoms with Crippen LogP contribution in [0.5, 0.6) is 0 Å². The lowest BCUT2D eigenvalue weighted by Crippen LogP contribution is -2.43. The van der Waals surface area contributed by atoms with Crippen molar-refractivity contribution < 1.29 is 0 Å². The number of hydrazine groups is 1. The predicted octanol–water partition coefficient (Wildman–Crippen LogP) is 2.64. The van der Waals surface area contributed by atoms with E-state index in [1.807, 2.05) is 6.07 Å². The highest BCUT2D eigenvalue weighted by atomic mass is 15.2. The molecule has 2 rings (SSSR count). The molecule has 0 radical (unpaired) electrons. The number of nitrogen functional groups attached to an aromatic ring is 1. The van der Waals surface area contributed by atoms with Gasteiger partial charge in [-0.15, -0.1) is 0 Å². The van der Waals surface area contributed by atoms with E-state index in [9.17, 15) is 0 Å². The summed E-state index contributed by atoms with van der Waals surface area (Å²) in [5.41, 5.74) is 10.0. The number of hydrogen-bond donors (Lipinski definition) is 3. The van der Waals surface area contributed by atoms with Crippen molar-refractivity contribution in [1.82, 2.24) is 10.4 Å². The molecule has 4 heteroatoms. The Hall–Kier alpha value is -1.13. The summed E-state index contributed by atoms with van der Waals surface area (Å²) in [4.78, 5) is 4.16. The summed E-state index contributed by atoms with van der Waals surface area (Å²) in [6, 6.07) is 4.30. The molecule has 1 aliphatic rings. The summed E-state index contributed by atoms with van der Waals surface area (Å²) < 4.78 is 0. The van der Waals surface area contributed by atoms with Gasteiger partial charge in [-0.25, -0.2) is 4.98 Å². The van der Waals surface area contributed by atoms with E-state index in [0.29, 0.717) is 17.8 Å². The molecule has 1 aromatic heterocycles. The average Bonchev–Trinajstić information content (AvgIpc) is 2.48. The first-order valence-corrected chi connectivity index (χ1v) is 7.90. The minimum absolute atomic E-state index is 0.309. The number of rotatable bonds is 6. The molecule has 112 valence electrons. The molecular formula is C16H28N4. The van der Waals surface area contributed by atoms with Gasteiger partial charge >= 0.3 is 0 Å². The molecule has 1 heterocycles. The number of pyridine rings is 1. The maximum Gasteiger partial charge on any atom is 0.126 e. The van der Waals surface area contributed by atoms with Gasteiger partial charge in [0, 0.05) is 12.2 Å². The van der Waals surface area contributed by atoms with E-state index in [0.717, 1.165) is 17.9 Å². The molecule has 0 spiro atoms. The van der Waals surface area contributed by atoms with Gasteiger partial charge in [0.1, 0.15) is 5.82 Å². The lowest BCUT2D eigenvalue weighted by atomic mass is 9.76.